The van der Waals surface area contributed by atoms with Crippen molar-refractivity contribution in [3.8, 4) is 0 Å². The minimum absolute atomic E-state index is 0.0129. The number of benzene rings is 1. The van der Waals surface area contributed by atoms with Crippen LogP contribution in [0.5, 0.6) is 0 Å². The molecule has 170 valence electrons. The molecule has 0 spiro atoms. The van der Waals surface area contributed by atoms with Crippen LogP contribution in [0.3, 0.4) is 0 Å². The fourth-order valence-electron chi connectivity index (χ4n) is 3.09. The number of halogens is 6. The molecular weight excluding hydrogens is 440 g/mol. The van der Waals surface area contributed by atoms with Crippen molar-refractivity contribution in [2.75, 3.05) is 0 Å². The van der Waals surface area contributed by atoms with Gasteiger partial charge in [-0.25, -0.2) is 5.01 Å². The predicted molar refractivity (Wildman–Crippen MR) is 104 cm³/mol. The molecule has 1 aromatic carbocycles. The van der Waals surface area contributed by atoms with Crippen LogP contribution in [0.1, 0.15) is 35.6 Å². The molecule has 1 atom stereocenters. The summed E-state index contributed by atoms with van der Waals surface area (Å²) >= 11 is 0. The summed E-state index contributed by atoms with van der Waals surface area (Å²) in [5.74, 6) is -1.34. The van der Waals surface area contributed by atoms with E-state index in [1.165, 1.54) is 31.0 Å². The lowest BCUT2D eigenvalue weighted by atomic mass is 9.93. The second-order valence-electron chi connectivity index (χ2n) is 7.10. The third-order valence-electron chi connectivity index (χ3n) is 4.68. The summed E-state index contributed by atoms with van der Waals surface area (Å²) in [5.41, 5.74) is 2.50. The molecule has 0 bridgehead atoms. The van der Waals surface area contributed by atoms with Gasteiger partial charge in [-0.2, -0.15) is 31.4 Å². The molecule has 11 heteroatoms. The second-order valence-corrected chi connectivity index (χ2v) is 7.10. The molecule has 2 N–H and O–H groups in total. The largest absolute Gasteiger partial charge is 0.472 e. The number of carbonyl (C=O) groups is 1. The Hall–Kier alpha value is -3.50. The van der Waals surface area contributed by atoms with E-state index in [-0.39, 0.29) is 22.9 Å². The predicted octanol–water partition coefficient (Wildman–Crippen LogP) is 5.40. The van der Waals surface area contributed by atoms with Gasteiger partial charge in [-0.1, -0.05) is 13.0 Å². The quantitative estimate of drug-likeness (QED) is 0.494. The van der Waals surface area contributed by atoms with Crippen LogP contribution in [0, 0.1) is 5.92 Å². The van der Waals surface area contributed by atoms with Crippen molar-refractivity contribution < 1.29 is 35.6 Å². The zero-order valence-electron chi connectivity index (χ0n) is 16.5. The van der Waals surface area contributed by atoms with Crippen molar-refractivity contribution in [1.29, 1.82) is 0 Å². The van der Waals surface area contributed by atoms with Crippen LogP contribution in [-0.4, -0.2) is 16.6 Å². The van der Waals surface area contributed by atoms with E-state index in [2.05, 4.69) is 5.10 Å². The number of amides is 1. The van der Waals surface area contributed by atoms with Crippen molar-refractivity contribution in [3.05, 3.63) is 77.5 Å². The zero-order valence-corrected chi connectivity index (χ0v) is 16.5. The Balaban J connectivity index is 2.14. The van der Waals surface area contributed by atoms with Crippen LogP contribution < -0.4 is 5.73 Å². The average molecular weight is 457 g/mol. The number of nitrogens with two attached hydrogens (primary N) is 1. The van der Waals surface area contributed by atoms with Gasteiger partial charge in [0.1, 0.15) is 0 Å². The van der Waals surface area contributed by atoms with Crippen LogP contribution in [0.25, 0.3) is 5.57 Å². The first-order valence-corrected chi connectivity index (χ1v) is 9.24. The SMILES string of the molecule is CC1CC=CN(/C=C(/C(N)=O)c2ccoc2)N=C1c1cc(C(F)(F)F)cc(C(F)(F)F)c1. The number of rotatable bonds is 4. The van der Waals surface area contributed by atoms with E-state index in [1.807, 2.05) is 0 Å². The number of carbonyl (C=O) groups excluding carboxylic acids is 1. The minimum Gasteiger partial charge on any atom is -0.472 e. The third kappa shape index (κ3) is 5.21. The molecule has 1 aliphatic heterocycles. The first kappa shape index (κ1) is 23.2. The molecule has 2 heterocycles. The first-order chi connectivity index (χ1) is 14.9. The number of allylic oxidation sites excluding steroid dienone is 1. The summed E-state index contributed by atoms with van der Waals surface area (Å²) in [6.45, 7) is 1.62. The molecule has 0 aliphatic carbocycles. The number of hydrazone groups is 1. The number of primary amides is 1. The summed E-state index contributed by atoms with van der Waals surface area (Å²) in [5, 5.41) is 5.34. The Bertz CT molecular complexity index is 1050. The Morgan fingerprint density at radius 1 is 1.16 bits per heavy atom. The van der Waals surface area contributed by atoms with Crippen LogP contribution in [0.4, 0.5) is 26.3 Å². The smallest absolute Gasteiger partial charge is 0.416 e. The highest BCUT2D eigenvalue weighted by atomic mass is 19.4. The normalized spacial score (nSPS) is 17.8. The summed E-state index contributed by atoms with van der Waals surface area (Å²) in [4.78, 5) is 11.8. The Labute approximate surface area is 178 Å². The van der Waals surface area contributed by atoms with Gasteiger partial charge in [0.15, 0.2) is 0 Å². The number of hydrogen-bond acceptors (Lipinski definition) is 4. The highest BCUT2D eigenvalue weighted by molar-refractivity contribution is 6.18. The molecule has 1 amide bonds. The molecule has 0 fully saturated rings. The summed E-state index contributed by atoms with van der Waals surface area (Å²) in [7, 11) is 0. The molecule has 0 saturated carbocycles. The van der Waals surface area contributed by atoms with Crippen LogP contribution in [0.15, 0.2) is 64.8 Å². The van der Waals surface area contributed by atoms with Gasteiger partial charge < -0.3 is 10.2 Å². The Morgan fingerprint density at radius 3 is 2.28 bits per heavy atom. The third-order valence-corrected chi connectivity index (χ3v) is 4.68. The molecule has 3 rings (SSSR count). The number of nitrogens with zero attached hydrogens (tertiary/aromatic N) is 2. The molecule has 0 saturated heterocycles. The molecule has 1 unspecified atom stereocenters. The van der Waals surface area contributed by atoms with Gasteiger partial charge in [-0.3, -0.25) is 4.79 Å². The summed E-state index contributed by atoms with van der Waals surface area (Å²) in [6.07, 6.45) is -2.82. The number of hydrogen-bond donors (Lipinski definition) is 1. The van der Waals surface area contributed by atoms with E-state index in [9.17, 15) is 31.1 Å². The molecule has 2 aromatic rings. The molecule has 1 aliphatic rings. The number of furan rings is 1. The van der Waals surface area contributed by atoms with Crippen LogP contribution in [0.2, 0.25) is 0 Å². The van der Waals surface area contributed by atoms with Gasteiger partial charge in [0.05, 0.1) is 34.9 Å². The fraction of sp³-hybridized carbons (Fsp3) is 0.238. The summed E-state index contributed by atoms with van der Waals surface area (Å²) in [6, 6.07) is 2.78. The monoisotopic (exact) mass is 457 g/mol. The highest BCUT2D eigenvalue weighted by Gasteiger charge is 2.37. The first-order valence-electron chi connectivity index (χ1n) is 9.24. The maximum Gasteiger partial charge on any atom is 0.416 e. The van der Waals surface area contributed by atoms with E-state index in [0.717, 1.165) is 5.01 Å². The lowest BCUT2D eigenvalue weighted by molar-refractivity contribution is -0.143. The highest BCUT2D eigenvalue weighted by Crippen LogP contribution is 2.37. The van der Waals surface area contributed by atoms with Crippen LogP contribution >= 0.6 is 0 Å². The van der Waals surface area contributed by atoms with Crippen molar-refractivity contribution in [2.24, 2.45) is 16.8 Å². The topological polar surface area (TPSA) is 71.8 Å². The maximum absolute atomic E-state index is 13.3. The molecule has 1 aromatic heterocycles. The molecular formula is C21H17F6N3O2. The molecule has 5 nitrogen and oxygen atoms in total. The van der Waals surface area contributed by atoms with Gasteiger partial charge in [0.2, 0.25) is 0 Å². The van der Waals surface area contributed by atoms with Crippen molar-refractivity contribution in [3.63, 3.8) is 0 Å². The van der Waals surface area contributed by atoms with E-state index < -0.39 is 35.3 Å². The fourth-order valence-corrected chi connectivity index (χ4v) is 3.09. The average Bonchev–Trinajstić information content (AvgIpc) is 3.15. The second kappa shape index (κ2) is 8.56. The van der Waals surface area contributed by atoms with Gasteiger partial charge in [0, 0.05) is 23.9 Å². The standard InChI is InChI=1S/C21H17F6N3O2/c1-12-3-2-5-30(10-17(19(28)31)13-4-6-32-11-13)29-18(12)14-7-15(20(22,23)24)9-16(8-14)21(25,26)27/h2,4-12H,3H2,1H3,(H2,28,31)/b17-10+. The minimum atomic E-state index is -4.98. The Morgan fingerprint density at radius 2 is 1.78 bits per heavy atom. The van der Waals surface area contributed by atoms with Gasteiger partial charge in [-0.05, 0) is 36.2 Å². The van der Waals surface area contributed by atoms with Crippen molar-refractivity contribution in [1.82, 2.24) is 5.01 Å². The zero-order chi connectivity index (χ0) is 23.7. The molecule has 32 heavy (non-hydrogen) atoms. The lowest BCUT2D eigenvalue weighted by Crippen LogP contribution is -2.19. The summed E-state index contributed by atoms with van der Waals surface area (Å²) < 4.78 is 84.6. The van der Waals surface area contributed by atoms with Crippen LogP contribution in [-0.2, 0) is 17.1 Å². The van der Waals surface area contributed by atoms with E-state index in [4.69, 9.17) is 10.2 Å². The Kier molecular flexibility index (Phi) is 6.20. The van der Waals surface area contributed by atoms with E-state index >= 15 is 0 Å². The van der Waals surface area contributed by atoms with E-state index in [1.54, 1.807) is 13.0 Å². The van der Waals surface area contributed by atoms with E-state index in [0.29, 0.717) is 24.1 Å². The van der Waals surface area contributed by atoms with Gasteiger partial charge >= 0.3 is 12.4 Å². The molecule has 0 radical (unpaired) electrons. The van der Waals surface area contributed by atoms with Crippen molar-refractivity contribution >= 4 is 17.2 Å². The van der Waals surface area contributed by atoms with Gasteiger partial charge in [-0.15, -0.1) is 0 Å². The maximum atomic E-state index is 13.3. The number of alkyl halides is 6. The lowest BCUT2D eigenvalue weighted by Gasteiger charge is -2.19. The van der Waals surface area contributed by atoms with Crippen molar-refractivity contribution in [2.45, 2.75) is 25.7 Å². The van der Waals surface area contributed by atoms with Gasteiger partial charge in [0.25, 0.3) is 5.91 Å².